The summed E-state index contributed by atoms with van der Waals surface area (Å²) in [6, 6.07) is 9.91. The van der Waals surface area contributed by atoms with E-state index in [0.29, 0.717) is 0 Å². The van der Waals surface area contributed by atoms with Crippen LogP contribution in [0.15, 0.2) is 34.1 Å². The maximum atomic E-state index is 5.77. The van der Waals surface area contributed by atoms with Crippen LogP contribution < -0.4 is 5.73 Å². The number of fused-ring (bicyclic) bond motifs is 1. The van der Waals surface area contributed by atoms with E-state index in [1.807, 2.05) is 31.3 Å². The van der Waals surface area contributed by atoms with E-state index in [1.54, 1.807) is 11.3 Å². The number of nitrogen functional groups attached to an aromatic ring is 1. The van der Waals surface area contributed by atoms with Crippen molar-refractivity contribution in [3.8, 4) is 10.7 Å². The molecule has 0 radical (unpaired) electrons. The smallest absolute Gasteiger partial charge is 0.151 e. The van der Waals surface area contributed by atoms with E-state index in [-0.39, 0.29) is 0 Å². The highest BCUT2D eigenvalue weighted by Gasteiger charge is 2.11. The first-order chi connectivity index (χ1) is 8.15. The van der Waals surface area contributed by atoms with Gasteiger partial charge in [-0.15, -0.1) is 11.3 Å². The Morgan fingerprint density at radius 1 is 1.29 bits per heavy atom. The number of nitrogens with two attached hydrogens (primary N) is 1. The summed E-state index contributed by atoms with van der Waals surface area (Å²) in [6.07, 6.45) is 0. The summed E-state index contributed by atoms with van der Waals surface area (Å²) in [5.41, 5.74) is 8.55. The Bertz CT molecular complexity index is 699. The third-order valence-corrected chi connectivity index (χ3v) is 4.32. The Labute approximate surface area is 111 Å². The van der Waals surface area contributed by atoms with Crippen LogP contribution >= 0.6 is 27.3 Å². The molecule has 0 unspecified atom stereocenters. The maximum absolute atomic E-state index is 5.77. The number of nitrogens with zero attached hydrogens (tertiary/aromatic N) is 2. The number of hydrogen-bond donors (Lipinski definition) is 1. The van der Waals surface area contributed by atoms with E-state index < -0.39 is 0 Å². The molecule has 3 rings (SSSR count). The van der Waals surface area contributed by atoms with Gasteiger partial charge in [-0.3, -0.25) is 0 Å². The SMILES string of the molecule is Cn1c(-c2ccc(Br)s2)nc2cc(N)ccc21. The number of benzene rings is 1. The van der Waals surface area contributed by atoms with Crippen molar-refractivity contribution in [3.05, 3.63) is 34.1 Å². The van der Waals surface area contributed by atoms with E-state index >= 15 is 0 Å². The molecule has 0 fully saturated rings. The second-order valence-electron chi connectivity index (χ2n) is 3.85. The molecule has 0 amide bonds. The first-order valence-corrected chi connectivity index (χ1v) is 6.74. The minimum Gasteiger partial charge on any atom is -0.399 e. The highest BCUT2D eigenvalue weighted by molar-refractivity contribution is 9.11. The van der Waals surface area contributed by atoms with Gasteiger partial charge in [-0.05, 0) is 46.3 Å². The normalized spacial score (nSPS) is 11.2. The van der Waals surface area contributed by atoms with Crippen molar-refractivity contribution in [2.24, 2.45) is 7.05 Å². The topological polar surface area (TPSA) is 43.8 Å². The average Bonchev–Trinajstić information content (AvgIpc) is 2.83. The van der Waals surface area contributed by atoms with Crippen molar-refractivity contribution in [1.29, 1.82) is 0 Å². The number of thiophene rings is 1. The van der Waals surface area contributed by atoms with Crippen molar-refractivity contribution >= 4 is 44.0 Å². The van der Waals surface area contributed by atoms with Gasteiger partial charge in [0, 0.05) is 12.7 Å². The van der Waals surface area contributed by atoms with Crippen LogP contribution in [-0.4, -0.2) is 9.55 Å². The van der Waals surface area contributed by atoms with Crippen LogP contribution in [0.5, 0.6) is 0 Å². The number of imidazole rings is 1. The van der Waals surface area contributed by atoms with Crippen molar-refractivity contribution < 1.29 is 0 Å². The summed E-state index contributed by atoms with van der Waals surface area (Å²) in [7, 11) is 2.02. The molecule has 17 heavy (non-hydrogen) atoms. The number of aryl methyl sites for hydroxylation is 1. The van der Waals surface area contributed by atoms with Gasteiger partial charge in [-0.25, -0.2) is 4.98 Å². The van der Waals surface area contributed by atoms with Gasteiger partial charge in [0.15, 0.2) is 5.82 Å². The maximum Gasteiger partial charge on any atom is 0.151 e. The number of hydrogen-bond acceptors (Lipinski definition) is 3. The van der Waals surface area contributed by atoms with Crippen LogP contribution in [0, 0.1) is 0 Å². The molecule has 0 saturated heterocycles. The molecular formula is C12H10BrN3S. The van der Waals surface area contributed by atoms with Gasteiger partial charge < -0.3 is 10.3 Å². The number of rotatable bonds is 1. The summed E-state index contributed by atoms with van der Waals surface area (Å²) in [5.74, 6) is 0.973. The van der Waals surface area contributed by atoms with E-state index in [0.717, 1.165) is 31.2 Å². The molecule has 0 aliphatic carbocycles. The zero-order valence-corrected chi connectivity index (χ0v) is 11.5. The van der Waals surface area contributed by atoms with Crippen LogP contribution in [0.25, 0.3) is 21.7 Å². The number of anilines is 1. The average molecular weight is 308 g/mol. The van der Waals surface area contributed by atoms with Gasteiger partial charge in [0.05, 0.1) is 19.7 Å². The fourth-order valence-corrected chi connectivity index (χ4v) is 3.28. The van der Waals surface area contributed by atoms with Crippen molar-refractivity contribution in [3.63, 3.8) is 0 Å². The highest BCUT2D eigenvalue weighted by Crippen LogP contribution is 2.32. The minimum absolute atomic E-state index is 0.745. The van der Waals surface area contributed by atoms with Gasteiger partial charge in [-0.1, -0.05) is 0 Å². The van der Waals surface area contributed by atoms with Crippen molar-refractivity contribution in [2.45, 2.75) is 0 Å². The molecule has 3 aromatic rings. The molecule has 2 aromatic heterocycles. The fraction of sp³-hybridized carbons (Fsp3) is 0.0833. The Kier molecular flexibility index (Phi) is 2.45. The standard InChI is InChI=1S/C12H10BrN3S/c1-16-9-3-2-7(14)6-8(9)15-12(16)10-4-5-11(13)17-10/h2-6H,14H2,1H3. The molecule has 86 valence electrons. The zero-order valence-electron chi connectivity index (χ0n) is 9.14. The van der Waals surface area contributed by atoms with Gasteiger partial charge in [0.2, 0.25) is 0 Å². The lowest BCUT2D eigenvalue weighted by molar-refractivity contribution is 0.963. The van der Waals surface area contributed by atoms with Crippen molar-refractivity contribution in [2.75, 3.05) is 5.73 Å². The second kappa shape index (κ2) is 3.85. The van der Waals surface area contributed by atoms with E-state index in [9.17, 15) is 0 Å². The summed E-state index contributed by atoms with van der Waals surface area (Å²) in [4.78, 5) is 5.78. The highest BCUT2D eigenvalue weighted by atomic mass is 79.9. The Morgan fingerprint density at radius 3 is 2.82 bits per heavy atom. The first kappa shape index (κ1) is 10.8. The lowest BCUT2D eigenvalue weighted by atomic mass is 10.3. The molecule has 0 atom stereocenters. The summed E-state index contributed by atoms with van der Waals surface area (Å²) in [5, 5.41) is 0. The van der Waals surface area contributed by atoms with Gasteiger partial charge >= 0.3 is 0 Å². The van der Waals surface area contributed by atoms with Crippen LogP contribution in [0.3, 0.4) is 0 Å². The quantitative estimate of drug-likeness (QED) is 0.697. The summed E-state index contributed by atoms with van der Waals surface area (Å²) >= 11 is 5.15. The predicted octanol–water partition coefficient (Wildman–Crippen LogP) is 3.65. The summed E-state index contributed by atoms with van der Waals surface area (Å²) < 4.78 is 3.20. The minimum atomic E-state index is 0.745. The molecule has 0 spiro atoms. The molecule has 3 nitrogen and oxygen atoms in total. The lowest BCUT2D eigenvalue weighted by Crippen LogP contribution is -1.90. The third-order valence-electron chi connectivity index (χ3n) is 2.70. The van der Waals surface area contributed by atoms with Crippen LogP contribution in [-0.2, 0) is 7.05 Å². The number of halogens is 1. The second-order valence-corrected chi connectivity index (χ2v) is 6.31. The first-order valence-electron chi connectivity index (χ1n) is 5.13. The molecule has 2 N–H and O–H groups in total. The molecule has 0 aliphatic heterocycles. The Hall–Kier alpha value is -1.33. The monoisotopic (exact) mass is 307 g/mol. The molecule has 2 heterocycles. The zero-order chi connectivity index (χ0) is 12.0. The molecule has 0 aliphatic rings. The Balaban J connectivity index is 2.27. The molecular weight excluding hydrogens is 298 g/mol. The molecule has 0 bridgehead atoms. The van der Waals surface area contributed by atoms with Crippen molar-refractivity contribution in [1.82, 2.24) is 9.55 Å². The van der Waals surface area contributed by atoms with Crippen LogP contribution in [0.2, 0.25) is 0 Å². The van der Waals surface area contributed by atoms with Gasteiger partial charge in [0.1, 0.15) is 0 Å². The van der Waals surface area contributed by atoms with Gasteiger partial charge in [-0.2, -0.15) is 0 Å². The fourth-order valence-electron chi connectivity index (χ4n) is 1.87. The molecule has 0 saturated carbocycles. The number of aromatic nitrogens is 2. The third kappa shape index (κ3) is 1.75. The summed E-state index contributed by atoms with van der Waals surface area (Å²) in [6.45, 7) is 0. The van der Waals surface area contributed by atoms with E-state index in [1.165, 1.54) is 0 Å². The van der Waals surface area contributed by atoms with Gasteiger partial charge in [0.25, 0.3) is 0 Å². The van der Waals surface area contributed by atoms with Crippen LogP contribution in [0.4, 0.5) is 5.69 Å². The largest absolute Gasteiger partial charge is 0.399 e. The van der Waals surface area contributed by atoms with Crippen LogP contribution in [0.1, 0.15) is 0 Å². The van der Waals surface area contributed by atoms with E-state index in [4.69, 9.17) is 5.73 Å². The predicted molar refractivity (Wildman–Crippen MR) is 76.1 cm³/mol. The lowest BCUT2D eigenvalue weighted by Gasteiger charge is -1.98. The molecule has 5 heteroatoms. The van der Waals surface area contributed by atoms with E-state index in [2.05, 4.69) is 31.5 Å². The Morgan fingerprint density at radius 2 is 2.12 bits per heavy atom. The molecule has 1 aromatic carbocycles.